The summed E-state index contributed by atoms with van der Waals surface area (Å²) in [6.45, 7) is 1.08. The van der Waals surface area contributed by atoms with Crippen LogP contribution in [0.2, 0.25) is 0 Å². The smallest absolute Gasteiger partial charge is 0.277 e. The molecule has 1 amide bonds. The molecule has 1 aliphatic rings. The van der Waals surface area contributed by atoms with Crippen LogP contribution < -0.4 is 9.88 Å². The van der Waals surface area contributed by atoms with Gasteiger partial charge in [0.25, 0.3) is 10.2 Å². The van der Waals surface area contributed by atoms with Gasteiger partial charge in [-0.15, -0.1) is 0 Å². The largest absolute Gasteiger partial charge is 0.480 e. The molecular formula is C16H21N5O4S. The minimum atomic E-state index is -3.70. The number of benzene rings is 1. The van der Waals surface area contributed by atoms with Crippen molar-refractivity contribution in [1.29, 1.82) is 0 Å². The van der Waals surface area contributed by atoms with Crippen LogP contribution in [-0.2, 0) is 21.4 Å². The molecular weight excluding hydrogens is 358 g/mol. The average Bonchev–Trinajstić information content (AvgIpc) is 2.64. The molecule has 1 aromatic heterocycles. The molecule has 26 heavy (non-hydrogen) atoms. The summed E-state index contributed by atoms with van der Waals surface area (Å²) in [5.74, 6) is 0.353. The summed E-state index contributed by atoms with van der Waals surface area (Å²) < 4.78 is 29.1. The monoisotopic (exact) mass is 379 g/mol. The number of ether oxygens (including phenoxy) is 1. The third kappa shape index (κ3) is 4.09. The first-order valence-corrected chi connectivity index (χ1v) is 9.74. The van der Waals surface area contributed by atoms with Crippen molar-refractivity contribution in [2.45, 2.75) is 12.8 Å². The number of nitrogens with zero attached hydrogens (tertiary/aromatic N) is 4. The molecule has 3 rings (SSSR count). The van der Waals surface area contributed by atoms with Crippen LogP contribution in [0, 0.1) is 0 Å². The van der Waals surface area contributed by atoms with Crippen molar-refractivity contribution < 1.29 is 17.9 Å². The number of para-hydroxylation sites is 2. The average molecular weight is 379 g/mol. The SMILES string of the molecule is COc1nc2ccccc2nc1CCC(=O)N1CCN(S(N)(=O)=O)CC1. The number of amides is 1. The zero-order chi connectivity index (χ0) is 18.7. The van der Waals surface area contributed by atoms with Crippen molar-refractivity contribution in [3.8, 4) is 5.88 Å². The van der Waals surface area contributed by atoms with Gasteiger partial charge in [0.1, 0.15) is 5.69 Å². The number of aryl methyl sites for hydroxylation is 1. The first-order valence-electron chi connectivity index (χ1n) is 8.24. The third-order valence-electron chi connectivity index (χ3n) is 4.33. The Hall–Kier alpha value is -2.30. The maximum atomic E-state index is 12.4. The number of methoxy groups -OCH3 is 1. The van der Waals surface area contributed by atoms with Gasteiger partial charge in [-0.25, -0.2) is 15.1 Å². The van der Waals surface area contributed by atoms with Crippen LogP contribution in [-0.4, -0.2) is 66.8 Å². The summed E-state index contributed by atoms with van der Waals surface area (Å²) >= 11 is 0. The van der Waals surface area contributed by atoms with Crippen molar-refractivity contribution >= 4 is 27.1 Å². The van der Waals surface area contributed by atoms with Gasteiger partial charge in [0.05, 0.1) is 18.1 Å². The van der Waals surface area contributed by atoms with Gasteiger partial charge in [0.2, 0.25) is 11.8 Å². The van der Waals surface area contributed by atoms with E-state index >= 15 is 0 Å². The molecule has 2 heterocycles. The van der Waals surface area contributed by atoms with E-state index in [1.54, 1.807) is 4.90 Å². The number of rotatable bonds is 5. The molecule has 1 aromatic carbocycles. The maximum absolute atomic E-state index is 12.4. The molecule has 0 atom stereocenters. The van der Waals surface area contributed by atoms with Crippen LogP contribution in [0.5, 0.6) is 5.88 Å². The molecule has 0 aliphatic carbocycles. The highest BCUT2D eigenvalue weighted by Gasteiger charge is 2.26. The molecule has 10 heteroatoms. The summed E-state index contributed by atoms with van der Waals surface area (Å²) in [4.78, 5) is 23.0. The van der Waals surface area contributed by atoms with Crippen LogP contribution in [0.4, 0.5) is 0 Å². The lowest BCUT2D eigenvalue weighted by atomic mass is 10.2. The van der Waals surface area contributed by atoms with E-state index in [1.165, 1.54) is 11.4 Å². The lowest BCUT2D eigenvalue weighted by Crippen LogP contribution is -2.52. The van der Waals surface area contributed by atoms with Crippen molar-refractivity contribution in [2.24, 2.45) is 5.14 Å². The molecule has 2 N–H and O–H groups in total. The Balaban J connectivity index is 1.64. The quantitative estimate of drug-likeness (QED) is 0.776. The van der Waals surface area contributed by atoms with Gasteiger partial charge in [-0.05, 0) is 12.1 Å². The van der Waals surface area contributed by atoms with Crippen LogP contribution in [0.15, 0.2) is 24.3 Å². The normalized spacial score (nSPS) is 16.0. The van der Waals surface area contributed by atoms with Crippen LogP contribution >= 0.6 is 0 Å². The fourth-order valence-corrected chi connectivity index (χ4v) is 3.59. The second-order valence-electron chi connectivity index (χ2n) is 5.99. The van der Waals surface area contributed by atoms with Crippen molar-refractivity contribution in [3.63, 3.8) is 0 Å². The fourth-order valence-electron chi connectivity index (χ4n) is 2.92. The molecule has 2 aromatic rings. The lowest BCUT2D eigenvalue weighted by Gasteiger charge is -2.33. The van der Waals surface area contributed by atoms with Crippen LogP contribution in [0.25, 0.3) is 11.0 Å². The third-order valence-corrected chi connectivity index (χ3v) is 5.41. The first kappa shape index (κ1) is 18.5. The summed E-state index contributed by atoms with van der Waals surface area (Å²) in [6, 6.07) is 7.47. The Morgan fingerprint density at radius 2 is 1.77 bits per heavy atom. The maximum Gasteiger partial charge on any atom is 0.277 e. The van der Waals surface area contributed by atoms with E-state index in [1.807, 2.05) is 24.3 Å². The van der Waals surface area contributed by atoms with Gasteiger partial charge in [-0.2, -0.15) is 12.7 Å². The standard InChI is InChI=1S/C16H21N5O4S/c1-25-16-14(18-12-4-2-3-5-13(12)19-16)6-7-15(22)20-8-10-21(11-9-20)26(17,23)24/h2-5H,6-11H2,1H3,(H2,17,23,24). The minimum Gasteiger partial charge on any atom is -0.480 e. The van der Waals surface area contributed by atoms with Crippen LogP contribution in [0.1, 0.15) is 12.1 Å². The topological polar surface area (TPSA) is 119 Å². The first-order chi connectivity index (χ1) is 12.4. The molecule has 1 saturated heterocycles. The lowest BCUT2D eigenvalue weighted by molar-refractivity contribution is -0.132. The fraction of sp³-hybridized carbons (Fsp3) is 0.438. The number of hydrogen-bond acceptors (Lipinski definition) is 6. The molecule has 0 bridgehead atoms. The Labute approximate surface area is 151 Å². The molecule has 0 radical (unpaired) electrons. The molecule has 1 aliphatic heterocycles. The number of fused-ring (bicyclic) bond motifs is 1. The summed E-state index contributed by atoms with van der Waals surface area (Å²) in [7, 11) is -2.18. The Kier molecular flexibility index (Phi) is 5.35. The highest BCUT2D eigenvalue weighted by Crippen LogP contribution is 2.20. The summed E-state index contributed by atoms with van der Waals surface area (Å²) in [5, 5.41) is 5.11. The van der Waals surface area contributed by atoms with Gasteiger partial charge in [0, 0.05) is 39.0 Å². The van der Waals surface area contributed by atoms with Gasteiger partial charge >= 0.3 is 0 Å². The molecule has 0 unspecified atom stereocenters. The molecule has 0 spiro atoms. The Morgan fingerprint density at radius 1 is 1.15 bits per heavy atom. The predicted molar refractivity (Wildman–Crippen MR) is 95.7 cm³/mol. The van der Waals surface area contributed by atoms with E-state index < -0.39 is 10.2 Å². The van der Waals surface area contributed by atoms with Gasteiger partial charge in [0.15, 0.2) is 0 Å². The summed E-state index contributed by atoms with van der Waals surface area (Å²) in [5.41, 5.74) is 2.11. The van der Waals surface area contributed by atoms with Gasteiger partial charge in [-0.3, -0.25) is 4.79 Å². The molecule has 140 valence electrons. The predicted octanol–water partition coefficient (Wildman–Crippen LogP) is -0.0813. The van der Waals surface area contributed by atoms with Crippen molar-refractivity contribution in [2.75, 3.05) is 33.3 Å². The zero-order valence-electron chi connectivity index (χ0n) is 14.5. The van der Waals surface area contributed by atoms with E-state index in [9.17, 15) is 13.2 Å². The number of aromatic nitrogens is 2. The highest BCUT2D eigenvalue weighted by atomic mass is 32.2. The molecule has 1 fully saturated rings. The van der Waals surface area contributed by atoms with E-state index in [0.717, 1.165) is 11.0 Å². The molecule has 9 nitrogen and oxygen atoms in total. The van der Waals surface area contributed by atoms with E-state index in [2.05, 4.69) is 9.97 Å². The zero-order valence-corrected chi connectivity index (χ0v) is 15.3. The van der Waals surface area contributed by atoms with Crippen molar-refractivity contribution in [3.05, 3.63) is 30.0 Å². The van der Waals surface area contributed by atoms with E-state index in [4.69, 9.17) is 9.88 Å². The van der Waals surface area contributed by atoms with E-state index in [-0.39, 0.29) is 25.4 Å². The molecule has 0 saturated carbocycles. The van der Waals surface area contributed by atoms with Gasteiger partial charge < -0.3 is 9.64 Å². The second kappa shape index (κ2) is 7.52. The minimum absolute atomic E-state index is 0.0592. The Bertz CT molecular complexity index is 910. The summed E-state index contributed by atoms with van der Waals surface area (Å²) in [6.07, 6.45) is 0.647. The number of piperazine rings is 1. The number of carbonyl (C=O) groups is 1. The second-order valence-corrected chi connectivity index (χ2v) is 7.54. The van der Waals surface area contributed by atoms with Gasteiger partial charge in [-0.1, -0.05) is 12.1 Å². The number of hydrogen-bond donors (Lipinski definition) is 1. The Morgan fingerprint density at radius 3 is 2.35 bits per heavy atom. The van der Waals surface area contributed by atoms with Crippen molar-refractivity contribution in [1.82, 2.24) is 19.2 Å². The highest BCUT2D eigenvalue weighted by molar-refractivity contribution is 7.86. The number of carbonyl (C=O) groups excluding carboxylic acids is 1. The van der Waals surface area contributed by atoms with E-state index in [0.29, 0.717) is 31.1 Å². The van der Waals surface area contributed by atoms with Crippen LogP contribution in [0.3, 0.4) is 0 Å². The number of nitrogens with two attached hydrogens (primary N) is 1.